The fourth-order valence-electron chi connectivity index (χ4n) is 1.43. The second-order valence-corrected chi connectivity index (χ2v) is 3.44. The number of nitrogens with two attached hydrogens (primary N) is 1. The van der Waals surface area contributed by atoms with Gasteiger partial charge < -0.3 is 5.73 Å². The number of rotatable bonds is 4. The third-order valence-electron chi connectivity index (χ3n) is 2.25. The number of benzene rings is 1. The first-order valence-electron chi connectivity index (χ1n) is 6.97. The van der Waals surface area contributed by atoms with Gasteiger partial charge in [0.25, 0.3) is 0 Å². The number of aliphatic imine (C=N–C) groups is 1. The van der Waals surface area contributed by atoms with Crippen molar-refractivity contribution in [3.63, 3.8) is 0 Å². The van der Waals surface area contributed by atoms with E-state index in [1.165, 1.54) is 0 Å². The second kappa shape index (κ2) is 12.0. The minimum atomic E-state index is 0.484. The highest BCUT2D eigenvalue weighted by molar-refractivity contribution is 5.79. The molecule has 0 aliphatic heterocycles. The molecule has 2 N–H and O–H groups in total. The van der Waals surface area contributed by atoms with Crippen molar-refractivity contribution in [2.45, 2.75) is 34.6 Å². The van der Waals surface area contributed by atoms with E-state index in [4.69, 9.17) is 5.73 Å². The van der Waals surface area contributed by atoms with Gasteiger partial charge in [-0.3, -0.25) is 4.99 Å². The zero-order valence-electron chi connectivity index (χ0n) is 13.5. The van der Waals surface area contributed by atoms with Crippen LogP contribution in [0.2, 0.25) is 0 Å². The molecule has 0 amide bonds. The molecule has 0 fully saturated rings. The van der Waals surface area contributed by atoms with Gasteiger partial charge in [-0.15, -0.1) is 0 Å². The fraction of sp³-hybridized carbons (Fsp3) is 0.278. The molecule has 0 radical (unpaired) electrons. The molecule has 0 spiro atoms. The molecule has 0 atom stereocenters. The van der Waals surface area contributed by atoms with Gasteiger partial charge in [0, 0.05) is 11.3 Å². The Morgan fingerprint density at radius 1 is 1.15 bits per heavy atom. The predicted molar refractivity (Wildman–Crippen MR) is 95.4 cm³/mol. The van der Waals surface area contributed by atoms with Crippen LogP contribution in [0.3, 0.4) is 0 Å². The molecule has 20 heavy (non-hydrogen) atoms. The first-order valence-corrected chi connectivity index (χ1v) is 6.97. The van der Waals surface area contributed by atoms with Crippen LogP contribution in [-0.4, -0.2) is 6.72 Å². The van der Waals surface area contributed by atoms with Gasteiger partial charge in [-0.1, -0.05) is 59.1 Å². The van der Waals surface area contributed by atoms with E-state index >= 15 is 0 Å². The summed E-state index contributed by atoms with van der Waals surface area (Å²) in [6.07, 6.45) is 3.89. The lowest BCUT2D eigenvalue weighted by Gasteiger charge is -2.08. The van der Waals surface area contributed by atoms with Crippen LogP contribution >= 0.6 is 0 Å². The molecule has 2 heteroatoms. The first kappa shape index (κ1) is 20.2. The molecule has 0 unspecified atom stereocenters. The minimum Gasteiger partial charge on any atom is -0.399 e. The summed E-state index contributed by atoms with van der Waals surface area (Å²) in [5.41, 5.74) is 9.67. The first-order chi connectivity index (χ1) is 9.60. The van der Waals surface area contributed by atoms with Gasteiger partial charge in [0.2, 0.25) is 0 Å². The second-order valence-electron chi connectivity index (χ2n) is 3.44. The van der Waals surface area contributed by atoms with Gasteiger partial charge in [0.05, 0.1) is 5.69 Å². The lowest BCUT2D eigenvalue weighted by atomic mass is 10.0. The van der Waals surface area contributed by atoms with Crippen LogP contribution in [0.25, 0.3) is 11.3 Å². The van der Waals surface area contributed by atoms with Crippen molar-refractivity contribution in [3.8, 4) is 0 Å². The topological polar surface area (TPSA) is 38.4 Å². The summed E-state index contributed by atoms with van der Waals surface area (Å²) in [7, 11) is 0. The van der Waals surface area contributed by atoms with Gasteiger partial charge in [-0.2, -0.15) is 0 Å². The normalized spacial score (nSPS) is 8.85. The average Bonchev–Trinajstić information content (AvgIpc) is 2.50. The number of hydrogen-bond donors (Lipinski definition) is 1. The van der Waals surface area contributed by atoms with Crippen LogP contribution in [0, 0.1) is 0 Å². The van der Waals surface area contributed by atoms with Gasteiger partial charge in [-0.25, -0.2) is 0 Å². The molecular weight excluding hydrogens is 244 g/mol. The van der Waals surface area contributed by atoms with Crippen LogP contribution in [0.5, 0.6) is 0 Å². The molecule has 0 heterocycles. The summed E-state index contributed by atoms with van der Waals surface area (Å²) < 4.78 is 0. The van der Waals surface area contributed by atoms with Gasteiger partial charge >= 0.3 is 0 Å². The minimum absolute atomic E-state index is 0.484. The standard InChI is InChI=1S/C14H16N2.2C2H6/c1-5-6-10(2)12-7-8-14(16-4)13(9-12)11(3)15;2*1-2/h5-9H,2-4,15H2,1H3;2*1-2H3/b6-5-;;. The number of hydrogen-bond acceptors (Lipinski definition) is 2. The van der Waals surface area contributed by atoms with E-state index in [9.17, 15) is 0 Å². The van der Waals surface area contributed by atoms with E-state index in [-0.39, 0.29) is 0 Å². The van der Waals surface area contributed by atoms with Crippen LogP contribution in [0.15, 0.2) is 48.5 Å². The summed E-state index contributed by atoms with van der Waals surface area (Å²) in [6, 6.07) is 5.73. The van der Waals surface area contributed by atoms with E-state index < -0.39 is 0 Å². The van der Waals surface area contributed by atoms with Crippen molar-refractivity contribution in [2.75, 3.05) is 0 Å². The van der Waals surface area contributed by atoms with Gasteiger partial charge in [0.1, 0.15) is 0 Å². The lowest BCUT2D eigenvalue weighted by molar-refractivity contribution is 1.45. The van der Waals surface area contributed by atoms with E-state index in [0.29, 0.717) is 5.70 Å². The Kier molecular flexibility index (Phi) is 12.1. The molecule has 2 nitrogen and oxygen atoms in total. The third-order valence-corrected chi connectivity index (χ3v) is 2.25. The Hall–Kier alpha value is -2.09. The van der Waals surface area contributed by atoms with E-state index in [0.717, 1.165) is 22.4 Å². The Labute approximate surface area is 124 Å². The molecule has 1 aromatic rings. The highest BCUT2D eigenvalue weighted by atomic mass is 14.7. The molecule has 0 saturated carbocycles. The van der Waals surface area contributed by atoms with E-state index in [2.05, 4.69) is 24.9 Å². The summed E-state index contributed by atoms with van der Waals surface area (Å²) in [4.78, 5) is 3.90. The molecule has 0 aliphatic rings. The fourth-order valence-corrected chi connectivity index (χ4v) is 1.43. The highest BCUT2D eigenvalue weighted by Gasteiger charge is 2.04. The lowest BCUT2D eigenvalue weighted by Crippen LogP contribution is -1.95. The Balaban J connectivity index is 0. The summed E-state index contributed by atoms with van der Waals surface area (Å²) in [5.74, 6) is 0. The van der Waals surface area contributed by atoms with E-state index in [1.54, 1.807) is 0 Å². The highest BCUT2D eigenvalue weighted by Crippen LogP contribution is 2.26. The van der Waals surface area contributed by atoms with Gasteiger partial charge in [0.15, 0.2) is 0 Å². The summed E-state index contributed by atoms with van der Waals surface area (Å²) >= 11 is 0. The van der Waals surface area contributed by atoms with Crippen LogP contribution in [0.1, 0.15) is 45.7 Å². The SMILES string of the molecule is C=Nc1ccc(C(=C)/C=C\C)cc1C(=C)N.CC.CC. The third kappa shape index (κ3) is 6.19. The van der Waals surface area contributed by atoms with Crippen molar-refractivity contribution in [1.29, 1.82) is 0 Å². The maximum absolute atomic E-state index is 5.70. The maximum Gasteiger partial charge on any atom is 0.0715 e. The molecule has 0 saturated heterocycles. The summed E-state index contributed by atoms with van der Waals surface area (Å²) in [5, 5.41) is 0. The van der Waals surface area contributed by atoms with Crippen molar-refractivity contribution in [1.82, 2.24) is 0 Å². The molecule has 110 valence electrons. The van der Waals surface area contributed by atoms with Crippen LogP contribution in [-0.2, 0) is 0 Å². The monoisotopic (exact) mass is 272 g/mol. The van der Waals surface area contributed by atoms with Crippen molar-refractivity contribution < 1.29 is 0 Å². The smallest absolute Gasteiger partial charge is 0.0715 e. The van der Waals surface area contributed by atoms with Crippen molar-refractivity contribution >= 4 is 23.7 Å². The number of allylic oxidation sites excluding steroid dienone is 3. The Morgan fingerprint density at radius 3 is 2.10 bits per heavy atom. The van der Waals surface area contributed by atoms with Crippen LogP contribution in [0.4, 0.5) is 5.69 Å². The van der Waals surface area contributed by atoms with Crippen molar-refractivity contribution in [2.24, 2.45) is 10.7 Å². The molecule has 1 aromatic carbocycles. The van der Waals surface area contributed by atoms with Crippen molar-refractivity contribution in [3.05, 3.63) is 54.6 Å². The summed E-state index contributed by atoms with van der Waals surface area (Å²) in [6.45, 7) is 21.1. The average molecular weight is 272 g/mol. The molecule has 0 aromatic heterocycles. The molecule has 1 rings (SSSR count). The Morgan fingerprint density at radius 2 is 1.70 bits per heavy atom. The van der Waals surface area contributed by atoms with E-state index in [1.807, 2.05) is 65.0 Å². The van der Waals surface area contributed by atoms with Crippen LogP contribution < -0.4 is 5.73 Å². The Bertz CT molecular complexity index is 468. The predicted octanol–water partition coefficient (Wildman–Crippen LogP) is 5.59. The largest absolute Gasteiger partial charge is 0.399 e. The molecular formula is C18H28N2. The quantitative estimate of drug-likeness (QED) is 0.563. The maximum atomic E-state index is 5.70. The van der Waals surface area contributed by atoms with Gasteiger partial charge in [-0.05, 0) is 36.9 Å². The zero-order chi connectivity index (χ0) is 16.1. The molecule has 0 aliphatic carbocycles. The molecule has 0 bridgehead atoms. The zero-order valence-corrected chi connectivity index (χ0v) is 13.5. The number of nitrogens with zero attached hydrogens (tertiary/aromatic N) is 1.